The molecule has 20 heavy (non-hydrogen) atoms. The Morgan fingerprint density at radius 2 is 2.00 bits per heavy atom. The Bertz CT molecular complexity index is 662. The Kier molecular flexibility index (Phi) is 4.14. The molecule has 2 rings (SSSR count). The van der Waals surface area contributed by atoms with Gasteiger partial charge in [-0.1, -0.05) is 22.0 Å². The molecule has 7 nitrogen and oxygen atoms in total. The van der Waals surface area contributed by atoms with Gasteiger partial charge in [-0.05, 0) is 24.6 Å². The van der Waals surface area contributed by atoms with Crippen LogP contribution in [0.2, 0.25) is 0 Å². The maximum absolute atomic E-state index is 11.1. The molecule has 2 aromatic rings. The van der Waals surface area contributed by atoms with Crippen molar-refractivity contribution in [2.24, 2.45) is 0 Å². The zero-order valence-corrected chi connectivity index (χ0v) is 12.4. The van der Waals surface area contributed by atoms with Gasteiger partial charge in [0, 0.05) is 17.2 Å². The van der Waals surface area contributed by atoms with Crippen LogP contribution in [0.4, 0.5) is 23.0 Å². The number of rotatable bonds is 4. The highest BCUT2D eigenvalue weighted by Gasteiger charge is 2.22. The molecule has 0 aliphatic carbocycles. The van der Waals surface area contributed by atoms with Crippen LogP contribution in [0, 0.1) is 17.0 Å². The summed E-state index contributed by atoms with van der Waals surface area (Å²) in [5.41, 5.74) is 1.58. The number of anilines is 3. The van der Waals surface area contributed by atoms with Crippen LogP contribution in [0.25, 0.3) is 0 Å². The van der Waals surface area contributed by atoms with Gasteiger partial charge in [0.2, 0.25) is 11.6 Å². The molecule has 0 saturated carbocycles. The largest absolute Gasteiger partial charge is 0.367 e. The molecule has 1 aromatic carbocycles. The van der Waals surface area contributed by atoms with Gasteiger partial charge in [0.15, 0.2) is 0 Å². The lowest BCUT2D eigenvalue weighted by molar-refractivity contribution is -0.383. The minimum absolute atomic E-state index is 0.144. The first kappa shape index (κ1) is 14.2. The number of halogens is 1. The molecular formula is C12H12BrN5O2. The van der Waals surface area contributed by atoms with Crippen molar-refractivity contribution in [2.75, 3.05) is 17.7 Å². The van der Waals surface area contributed by atoms with Gasteiger partial charge in [-0.3, -0.25) is 10.1 Å². The van der Waals surface area contributed by atoms with E-state index in [1.807, 2.05) is 25.1 Å². The van der Waals surface area contributed by atoms with Crippen molar-refractivity contribution in [1.29, 1.82) is 0 Å². The molecule has 1 aromatic heterocycles. The molecule has 104 valence electrons. The van der Waals surface area contributed by atoms with Crippen molar-refractivity contribution < 1.29 is 4.92 Å². The first-order chi connectivity index (χ1) is 9.52. The number of hydrogen-bond acceptors (Lipinski definition) is 6. The van der Waals surface area contributed by atoms with Crippen LogP contribution in [0.5, 0.6) is 0 Å². The Morgan fingerprint density at radius 3 is 2.60 bits per heavy atom. The van der Waals surface area contributed by atoms with Crippen LogP contribution in [-0.2, 0) is 0 Å². The highest BCUT2D eigenvalue weighted by atomic mass is 79.9. The number of nitrogens with one attached hydrogen (secondary N) is 2. The summed E-state index contributed by atoms with van der Waals surface area (Å²) in [6, 6.07) is 5.56. The maximum atomic E-state index is 11.1. The monoisotopic (exact) mass is 337 g/mol. The molecule has 0 aliphatic heterocycles. The van der Waals surface area contributed by atoms with Gasteiger partial charge in [0.1, 0.15) is 6.33 Å². The van der Waals surface area contributed by atoms with Crippen LogP contribution >= 0.6 is 15.9 Å². The molecule has 0 saturated heterocycles. The van der Waals surface area contributed by atoms with Gasteiger partial charge in [0.05, 0.1) is 4.92 Å². The van der Waals surface area contributed by atoms with E-state index in [4.69, 9.17) is 0 Å². The second-order valence-corrected chi connectivity index (χ2v) is 4.87. The smallest absolute Gasteiger partial charge is 0.353 e. The zero-order chi connectivity index (χ0) is 14.7. The van der Waals surface area contributed by atoms with E-state index in [1.165, 1.54) is 6.33 Å². The van der Waals surface area contributed by atoms with Gasteiger partial charge in [-0.2, -0.15) is 0 Å². The van der Waals surface area contributed by atoms with Gasteiger partial charge in [-0.15, -0.1) is 0 Å². The number of nitrogens with zero attached hydrogens (tertiary/aromatic N) is 3. The first-order valence-corrected chi connectivity index (χ1v) is 6.52. The molecule has 0 bridgehead atoms. The van der Waals surface area contributed by atoms with Crippen LogP contribution < -0.4 is 10.6 Å². The fourth-order valence-corrected chi connectivity index (χ4v) is 2.01. The lowest BCUT2D eigenvalue weighted by atomic mass is 10.2. The minimum Gasteiger partial charge on any atom is -0.367 e. The second kappa shape index (κ2) is 5.83. The minimum atomic E-state index is -0.516. The molecule has 1 heterocycles. The first-order valence-electron chi connectivity index (χ1n) is 5.73. The Labute approximate surface area is 123 Å². The maximum Gasteiger partial charge on any atom is 0.353 e. The van der Waals surface area contributed by atoms with Crippen LogP contribution in [0.15, 0.2) is 29.0 Å². The molecule has 0 unspecified atom stereocenters. The summed E-state index contributed by atoms with van der Waals surface area (Å²) in [5.74, 6) is 0.309. The number of aromatic nitrogens is 2. The number of benzene rings is 1. The van der Waals surface area contributed by atoms with Crippen molar-refractivity contribution in [2.45, 2.75) is 6.92 Å². The third kappa shape index (κ3) is 2.85. The van der Waals surface area contributed by atoms with Gasteiger partial charge >= 0.3 is 5.69 Å². The number of hydrogen-bond donors (Lipinski definition) is 2. The molecule has 0 spiro atoms. The molecule has 0 radical (unpaired) electrons. The third-order valence-electron chi connectivity index (χ3n) is 2.68. The average molecular weight is 338 g/mol. The Balaban J connectivity index is 2.42. The summed E-state index contributed by atoms with van der Waals surface area (Å²) >= 11 is 3.42. The number of nitro groups is 1. The van der Waals surface area contributed by atoms with Crippen molar-refractivity contribution >= 4 is 38.9 Å². The van der Waals surface area contributed by atoms with Crippen molar-refractivity contribution in [3.05, 3.63) is 44.7 Å². The fraction of sp³-hybridized carbons (Fsp3) is 0.167. The van der Waals surface area contributed by atoms with E-state index >= 15 is 0 Å². The standard InChI is InChI=1S/C12H12BrN5O2/c1-7-3-4-8(5-9(7)13)17-12-10(18(19)20)11(14-2)15-6-16-12/h3-6H,1-2H3,(H2,14,15,16,17). The van der Waals surface area contributed by atoms with Crippen molar-refractivity contribution in [3.63, 3.8) is 0 Å². The summed E-state index contributed by atoms with van der Waals surface area (Å²) in [7, 11) is 1.57. The van der Waals surface area contributed by atoms with E-state index in [9.17, 15) is 10.1 Å². The van der Waals surface area contributed by atoms with Gasteiger partial charge in [0.25, 0.3) is 0 Å². The predicted octanol–water partition coefficient (Wildman–Crippen LogP) is 3.24. The van der Waals surface area contributed by atoms with E-state index < -0.39 is 4.92 Å². The summed E-state index contributed by atoms with van der Waals surface area (Å²) in [4.78, 5) is 18.4. The van der Waals surface area contributed by atoms with E-state index in [1.54, 1.807) is 7.05 Å². The number of aryl methyl sites for hydroxylation is 1. The Hall–Kier alpha value is -2.22. The van der Waals surface area contributed by atoms with Crippen LogP contribution in [0.3, 0.4) is 0 Å². The molecule has 0 fully saturated rings. The van der Waals surface area contributed by atoms with Crippen molar-refractivity contribution in [3.8, 4) is 0 Å². The molecule has 8 heteroatoms. The zero-order valence-electron chi connectivity index (χ0n) is 10.8. The van der Waals surface area contributed by atoms with E-state index in [0.717, 1.165) is 10.0 Å². The summed E-state index contributed by atoms with van der Waals surface area (Å²) in [6.07, 6.45) is 1.27. The Morgan fingerprint density at radius 1 is 1.30 bits per heavy atom. The molecule has 0 aliphatic rings. The van der Waals surface area contributed by atoms with Crippen LogP contribution in [-0.4, -0.2) is 21.9 Å². The quantitative estimate of drug-likeness (QED) is 0.657. The average Bonchev–Trinajstić information content (AvgIpc) is 2.42. The summed E-state index contributed by atoms with van der Waals surface area (Å²) in [5, 5.41) is 16.8. The lowest BCUT2D eigenvalue weighted by Crippen LogP contribution is -2.05. The highest BCUT2D eigenvalue weighted by molar-refractivity contribution is 9.10. The van der Waals surface area contributed by atoms with E-state index in [0.29, 0.717) is 5.69 Å². The van der Waals surface area contributed by atoms with E-state index in [2.05, 4.69) is 36.5 Å². The molecule has 0 atom stereocenters. The second-order valence-electron chi connectivity index (χ2n) is 4.02. The molecular weight excluding hydrogens is 326 g/mol. The summed E-state index contributed by atoms with van der Waals surface area (Å²) in [6.45, 7) is 1.96. The summed E-state index contributed by atoms with van der Waals surface area (Å²) < 4.78 is 0.910. The normalized spacial score (nSPS) is 10.2. The van der Waals surface area contributed by atoms with Crippen molar-refractivity contribution in [1.82, 2.24) is 9.97 Å². The molecule has 2 N–H and O–H groups in total. The highest BCUT2D eigenvalue weighted by Crippen LogP contribution is 2.31. The predicted molar refractivity (Wildman–Crippen MR) is 80.4 cm³/mol. The van der Waals surface area contributed by atoms with Gasteiger partial charge in [-0.25, -0.2) is 9.97 Å². The third-order valence-corrected chi connectivity index (χ3v) is 3.53. The SMILES string of the molecule is CNc1ncnc(Nc2ccc(C)c(Br)c2)c1[N+](=O)[O-]. The lowest BCUT2D eigenvalue weighted by Gasteiger charge is -2.09. The topological polar surface area (TPSA) is 93.0 Å². The fourth-order valence-electron chi connectivity index (χ4n) is 1.63. The van der Waals surface area contributed by atoms with Crippen LogP contribution in [0.1, 0.15) is 5.56 Å². The van der Waals surface area contributed by atoms with Gasteiger partial charge < -0.3 is 10.6 Å². The molecule has 0 amide bonds. The van der Waals surface area contributed by atoms with E-state index in [-0.39, 0.29) is 17.3 Å².